The van der Waals surface area contributed by atoms with Crippen LogP contribution in [0.2, 0.25) is 0 Å². The molecule has 3 aromatic rings. The summed E-state index contributed by atoms with van der Waals surface area (Å²) in [5.74, 6) is -0.693. The second-order valence-electron chi connectivity index (χ2n) is 7.99. The summed E-state index contributed by atoms with van der Waals surface area (Å²) in [5, 5.41) is 8.62. The maximum atomic E-state index is 13.0. The third-order valence-electron chi connectivity index (χ3n) is 5.49. The molecule has 5 N–H and O–H groups in total. The molecule has 1 heterocycles. The zero-order valence-electron chi connectivity index (χ0n) is 19.2. The quantitative estimate of drug-likeness (QED) is 0.297. The van der Waals surface area contributed by atoms with Crippen LogP contribution in [0.15, 0.2) is 72.8 Å². The Hall–Kier alpha value is -4.31. The number of hydrogen-bond acceptors (Lipinski definition) is 6. The van der Waals surface area contributed by atoms with E-state index in [0.29, 0.717) is 39.6 Å². The number of nitrogens with zero attached hydrogens (tertiary/aromatic N) is 1. The minimum Gasteiger partial charge on any atom is -0.399 e. The van der Waals surface area contributed by atoms with Crippen molar-refractivity contribution >= 4 is 55.9 Å². The first-order valence-electron chi connectivity index (χ1n) is 10.7. The molecule has 0 atom stereocenters. The highest BCUT2D eigenvalue weighted by Gasteiger charge is 2.28. The summed E-state index contributed by atoms with van der Waals surface area (Å²) in [6, 6.07) is 21.2. The third-order valence-corrected chi connectivity index (χ3v) is 6.63. The maximum absolute atomic E-state index is 13.0. The van der Waals surface area contributed by atoms with E-state index >= 15 is 0 Å². The van der Waals surface area contributed by atoms with Gasteiger partial charge in [0, 0.05) is 29.7 Å². The lowest BCUT2D eigenvalue weighted by atomic mass is 9.99. The normalized spacial score (nSPS) is 14.1. The Kier molecular flexibility index (Phi) is 6.48. The van der Waals surface area contributed by atoms with Gasteiger partial charge < -0.3 is 21.7 Å². The van der Waals surface area contributed by atoms with Gasteiger partial charge in [-0.15, -0.1) is 0 Å². The summed E-state index contributed by atoms with van der Waals surface area (Å²) in [6.45, 7) is -0.334. The molecule has 35 heavy (non-hydrogen) atoms. The molecule has 10 heteroatoms. The Morgan fingerprint density at radius 3 is 2.34 bits per heavy atom. The maximum Gasteiger partial charge on any atom is 0.258 e. The number of amides is 2. The van der Waals surface area contributed by atoms with Crippen LogP contribution in [0.1, 0.15) is 11.1 Å². The number of carbonyl (C=O) groups excluding carboxylic acids is 2. The summed E-state index contributed by atoms with van der Waals surface area (Å²) in [4.78, 5) is 24.8. The molecule has 3 aromatic carbocycles. The third kappa shape index (κ3) is 5.12. The van der Waals surface area contributed by atoms with E-state index in [4.69, 9.17) is 5.73 Å². The highest BCUT2D eigenvalue weighted by atomic mass is 32.2. The Morgan fingerprint density at radius 1 is 1.03 bits per heavy atom. The zero-order chi connectivity index (χ0) is 25.2. The standard InChI is InChI=1S/C25H25N5O4S/c1-27-22(31)15-30(35(2,33)34)19-11-9-18(10-12-19)28-24(16-6-4-3-5-7-16)23-20-14-17(26)8-13-21(20)29-25(23)32/h3-14,28H,15,26H2,1-2H3,(H,27,31)(H,29,32)/b24-23-. The largest absolute Gasteiger partial charge is 0.399 e. The van der Waals surface area contributed by atoms with Crippen LogP contribution in [-0.4, -0.2) is 40.1 Å². The molecule has 0 saturated heterocycles. The number of sulfonamides is 1. The Bertz CT molecular complexity index is 1420. The van der Waals surface area contributed by atoms with Gasteiger partial charge in [0.25, 0.3) is 5.91 Å². The van der Waals surface area contributed by atoms with Crippen LogP contribution in [0.3, 0.4) is 0 Å². The predicted octanol–water partition coefficient (Wildman–Crippen LogP) is 2.71. The molecule has 0 radical (unpaired) electrons. The van der Waals surface area contributed by atoms with Crippen molar-refractivity contribution < 1.29 is 18.0 Å². The van der Waals surface area contributed by atoms with Gasteiger partial charge in [-0.05, 0) is 48.0 Å². The zero-order valence-corrected chi connectivity index (χ0v) is 20.0. The van der Waals surface area contributed by atoms with E-state index in [1.54, 1.807) is 42.5 Å². The highest BCUT2D eigenvalue weighted by Crippen LogP contribution is 2.38. The van der Waals surface area contributed by atoms with Crippen LogP contribution in [0.5, 0.6) is 0 Å². The van der Waals surface area contributed by atoms with Gasteiger partial charge in [-0.25, -0.2) is 8.42 Å². The van der Waals surface area contributed by atoms with Crippen LogP contribution in [0.4, 0.5) is 22.7 Å². The molecule has 0 aromatic heterocycles. The van der Waals surface area contributed by atoms with E-state index < -0.39 is 15.9 Å². The van der Waals surface area contributed by atoms with Crippen molar-refractivity contribution in [2.45, 2.75) is 0 Å². The Morgan fingerprint density at radius 2 is 1.71 bits per heavy atom. The molecule has 9 nitrogen and oxygen atoms in total. The minimum absolute atomic E-state index is 0.262. The number of nitrogens with one attached hydrogen (secondary N) is 3. The molecule has 1 aliphatic rings. The summed E-state index contributed by atoms with van der Waals surface area (Å²) in [7, 11) is -2.24. The van der Waals surface area contributed by atoms with E-state index in [0.717, 1.165) is 16.1 Å². The van der Waals surface area contributed by atoms with E-state index in [1.807, 2.05) is 30.3 Å². The lowest BCUT2D eigenvalue weighted by Crippen LogP contribution is -2.39. The van der Waals surface area contributed by atoms with Crippen LogP contribution in [0.25, 0.3) is 11.3 Å². The molecule has 0 saturated carbocycles. The number of rotatable bonds is 7. The van der Waals surface area contributed by atoms with E-state index in [-0.39, 0.29) is 12.5 Å². The Labute approximate surface area is 203 Å². The van der Waals surface area contributed by atoms with E-state index in [9.17, 15) is 18.0 Å². The molecule has 2 amide bonds. The van der Waals surface area contributed by atoms with Gasteiger partial charge >= 0.3 is 0 Å². The topological polar surface area (TPSA) is 134 Å². The number of carbonyl (C=O) groups is 2. The first kappa shape index (κ1) is 23.8. The van der Waals surface area contributed by atoms with Gasteiger partial charge in [0.2, 0.25) is 15.9 Å². The fourth-order valence-electron chi connectivity index (χ4n) is 3.78. The fourth-order valence-corrected chi connectivity index (χ4v) is 4.64. The second-order valence-corrected chi connectivity index (χ2v) is 9.90. The number of nitrogen functional groups attached to an aromatic ring is 1. The predicted molar refractivity (Wildman–Crippen MR) is 139 cm³/mol. The lowest BCUT2D eigenvalue weighted by molar-refractivity contribution is -0.119. The summed E-state index contributed by atoms with van der Waals surface area (Å²) in [5.41, 5.74) is 10.6. The van der Waals surface area contributed by atoms with Crippen LogP contribution in [0, 0.1) is 0 Å². The van der Waals surface area contributed by atoms with Crippen molar-refractivity contribution in [2.24, 2.45) is 0 Å². The smallest absolute Gasteiger partial charge is 0.258 e. The van der Waals surface area contributed by atoms with Crippen molar-refractivity contribution in [1.29, 1.82) is 0 Å². The molecule has 180 valence electrons. The number of likely N-dealkylation sites (N-methyl/N-ethyl adjacent to an activating group) is 1. The van der Waals surface area contributed by atoms with E-state index in [1.165, 1.54) is 7.05 Å². The number of anilines is 4. The van der Waals surface area contributed by atoms with Crippen molar-refractivity contribution in [3.63, 3.8) is 0 Å². The van der Waals surface area contributed by atoms with Gasteiger partial charge in [0.15, 0.2) is 0 Å². The molecular formula is C25H25N5O4S. The molecule has 0 aliphatic carbocycles. The van der Waals surface area contributed by atoms with Crippen molar-refractivity contribution in [3.05, 3.63) is 83.9 Å². The molecule has 0 fully saturated rings. The van der Waals surface area contributed by atoms with Crippen molar-refractivity contribution in [1.82, 2.24) is 5.32 Å². The van der Waals surface area contributed by atoms with Crippen LogP contribution >= 0.6 is 0 Å². The number of benzene rings is 3. The fraction of sp³-hybridized carbons (Fsp3) is 0.120. The SMILES string of the molecule is CNC(=O)CN(c1ccc(N/C(=C2\C(=O)Nc3ccc(N)cc32)c2ccccc2)cc1)S(C)(=O)=O. The van der Waals surface area contributed by atoms with Gasteiger partial charge in [0.05, 0.1) is 23.2 Å². The molecule has 0 spiro atoms. The summed E-state index contributed by atoms with van der Waals surface area (Å²) in [6.07, 6.45) is 1.04. The van der Waals surface area contributed by atoms with Gasteiger partial charge in [-0.2, -0.15) is 0 Å². The first-order chi connectivity index (χ1) is 16.7. The monoisotopic (exact) mass is 491 g/mol. The molecule has 4 rings (SSSR count). The number of hydrogen-bond donors (Lipinski definition) is 4. The number of fused-ring (bicyclic) bond motifs is 1. The molecule has 1 aliphatic heterocycles. The highest BCUT2D eigenvalue weighted by molar-refractivity contribution is 7.92. The van der Waals surface area contributed by atoms with Gasteiger partial charge in [0.1, 0.15) is 6.54 Å². The van der Waals surface area contributed by atoms with Crippen LogP contribution in [-0.2, 0) is 19.6 Å². The average molecular weight is 492 g/mol. The lowest BCUT2D eigenvalue weighted by Gasteiger charge is -2.22. The number of nitrogens with two attached hydrogens (primary N) is 1. The van der Waals surface area contributed by atoms with Crippen molar-refractivity contribution in [3.8, 4) is 0 Å². The minimum atomic E-state index is -3.68. The van der Waals surface area contributed by atoms with Gasteiger partial charge in [-0.3, -0.25) is 13.9 Å². The van der Waals surface area contributed by atoms with E-state index in [2.05, 4.69) is 16.0 Å². The van der Waals surface area contributed by atoms with Crippen molar-refractivity contribution in [2.75, 3.05) is 40.5 Å². The molecule has 0 unspecified atom stereocenters. The second kappa shape index (κ2) is 9.51. The summed E-state index contributed by atoms with van der Waals surface area (Å²) < 4.78 is 25.5. The summed E-state index contributed by atoms with van der Waals surface area (Å²) >= 11 is 0. The van der Waals surface area contributed by atoms with Gasteiger partial charge in [-0.1, -0.05) is 30.3 Å². The average Bonchev–Trinajstić information content (AvgIpc) is 3.16. The molecular weight excluding hydrogens is 466 g/mol. The Balaban J connectivity index is 1.75. The van der Waals surface area contributed by atoms with Crippen LogP contribution < -0.4 is 26.0 Å². The first-order valence-corrected chi connectivity index (χ1v) is 12.6. The molecule has 0 bridgehead atoms.